The van der Waals surface area contributed by atoms with Crippen molar-refractivity contribution in [3.8, 4) is 5.75 Å². The number of Topliss-reactive ketones (excluding diaryl/α,β-unsaturated/α-hetero) is 1. The minimum atomic E-state index is -0.0274. The summed E-state index contributed by atoms with van der Waals surface area (Å²) < 4.78 is 8.19. The van der Waals surface area contributed by atoms with Crippen LogP contribution in [0.2, 0.25) is 0 Å². The van der Waals surface area contributed by atoms with Crippen molar-refractivity contribution < 1.29 is 9.53 Å². The van der Waals surface area contributed by atoms with E-state index in [0.29, 0.717) is 11.4 Å². The zero-order valence-corrected chi connectivity index (χ0v) is 11.0. The summed E-state index contributed by atoms with van der Waals surface area (Å²) in [4.78, 5) is 11.8. The highest BCUT2D eigenvalue weighted by molar-refractivity contribution is 9.10. The lowest BCUT2D eigenvalue weighted by molar-refractivity contribution is 0.0913. The van der Waals surface area contributed by atoms with Gasteiger partial charge in [0.25, 0.3) is 0 Å². The van der Waals surface area contributed by atoms with Crippen LogP contribution in [0.25, 0.3) is 0 Å². The van der Waals surface area contributed by atoms with Gasteiger partial charge in [0, 0.05) is 17.7 Å². The van der Waals surface area contributed by atoms with E-state index < -0.39 is 0 Å². The normalized spacial score (nSPS) is 10.2. The molecule has 0 N–H and O–H groups in total. The van der Waals surface area contributed by atoms with Crippen molar-refractivity contribution in [3.05, 3.63) is 52.8 Å². The summed E-state index contributed by atoms with van der Waals surface area (Å²) in [6.45, 7) is 0.0550. The predicted octanol–water partition coefficient (Wildman–Crippen LogP) is 3.05. The van der Waals surface area contributed by atoms with Gasteiger partial charge in [0.2, 0.25) is 5.78 Å². The number of hydrogen-bond acceptors (Lipinski definition) is 2. The molecule has 0 amide bonds. The molecule has 0 aliphatic rings. The van der Waals surface area contributed by atoms with Gasteiger partial charge in [-0.15, -0.1) is 0 Å². The van der Waals surface area contributed by atoms with Crippen LogP contribution in [0, 0.1) is 0 Å². The molecule has 0 aliphatic carbocycles. The lowest BCUT2D eigenvalue weighted by Gasteiger charge is -2.06. The fourth-order valence-corrected chi connectivity index (χ4v) is 1.77. The minimum absolute atomic E-state index is 0.0274. The van der Waals surface area contributed by atoms with Gasteiger partial charge < -0.3 is 9.30 Å². The third-order valence-electron chi connectivity index (χ3n) is 2.41. The largest absolute Gasteiger partial charge is 0.485 e. The van der Waals surface area contributed by atoms with E-state index in [-0.39, 0.29) is 12.4 Å². The second kappa shape index (κ2) is 5.19. The Morgan fingerprint density at radius 2 is 2.00 bits per heavy atom. The number of carbonyl (C=O) groups excluding carboxylic acids is 1. The van der Waals surface area contributed by atoms with Gasteiger partial charge in [0.15, 0.2) is 6.61 Å². The molecule has 17 heavy (non-hydrogen) atoms. The number of carbonyl (C=O) groups is 1. The van der Waals surface area contributed by atoms with E-state index in [1.807, 2.05) is 43.6 Å². The highest BCUT2D eigenvalue weighted by Gasteiger charge is 2.09. The van der Waals surface area contributed by atoms with Crippen LogP contribution >= 0.6 is 15.9 Å². The number of ether oxygens (including phenoxy) is 1. The first kappa shape index (κ1) is 11.9. The van der Waals surface area contributed by atoms with Crippen molar-refractivity contribution in [2.45, 2.75) is 0 Å². The molecule has 2 rings (SSSR count). The molecule has 0 fully saturated rings. The van der Waals surface area contributed by atoms with E-state index in [1.165, 1.54) is 0 Å². The maximum Gasteiger partial charge on any atom is 0.216 e. The SMILES string of the molecule is Cn1cccc1C(=O)COc1ccc(Br)cc1. The highest BCUT2D eigenvalue weighted by Crippen LogP contribution is 2.16. The van der Waals surface area contributed by atoms with E-state index >= 15 is 0 Å². The molecule has 0 atom stereocenters. The summed E-state index contributed by atoms with van der Waals surface area (Å²) in [7, 11) is 1.84. The molecule has 0 unspecified atom stereocenters. The van der Waals surface area contributed by atoms with Crippen LogP contribution in [0.15, 0.2) is 47.1 Å². The number of aryl methyl sites for hydroxylation is 1. The highest BCUT2D eigenvalue weighted by atomic mass is 79.9. The number of nitrogens with zero attached hydrogens (tertiary/aromatic N) is 1. The van der Waals surface area contributed by atoms with Gasteiger partial charge in [0.1, 0.15) is 5.75 Å². The van der Waals surface area contributed by atoms with Crippen molar-refractivity contribution in [2.75, 3.05) is 6.61 Å². The van der Waals surface area contributed by atoms with E-state index in [4.69, 9.17) is 4.74 Å². The molecular formula is C13H12BrNO2. The Bertz CT molecular complexity index is 516. The fourth-order valence-electron chi connectivity index (χ4n) is 1.50. The number of hydrogen-bond donors (Lipinski definition) is 0. The summed E-state index contributed by atoms with van der Waals surface area (Å²) in [6.07, 6.45) is 1.84. The molecule has 0 bridgehead atoms. The lowest BCUT2D eigenvalue weighted by atomic mass is 10.3. The maximum absolute atomic E-state index is 11.8. The molecule has 0 saturated carbocycles. The van der Waals surface area contributed by atoms with E-state index in [0.717, 1.165) is 4.47 Å². The topological polar surface area (TPSA) is 31.2 Å². The van der Waals surface area contributed by atoms with Gasteiger partial charge in [-0.1, -0.05) is 15.9 Å². The average Bonchev–Trinajstić information content (AvgIpc) is 2.74. The molecule has 0 radical (unpaired) electrons. The van der Waals surface area contributed by atoms with E-state index in [2.05, 4.69) is 15.9 Å². The fraction of sp³-hybridized carbons (Fsp3) is 0.154. The first-order chi connectivity index (χ1) is 8.16. The minimum Gasteiger partial charge on any atom is -0.485 e. The number of ketones is 1. The van der Waals surface area contributed by atoms with Gasteiger partial charge in [-0.3, -0.25) is 4.79 Å². The van der Waals surface area contributed by atoms with Crippen LogP contribution in [0.1, 0.15) is 10.5 Å². The quantitative estimate of drug-likeness (QED) is 0.812. The zero-order valence-electron chi connectivity index (χ0n) is 9.39. The van der Waals surface area contributed by atoms with Gasteiger partial charge >= 0.3 is 0 Å². The van der Waals surface area contributed by atoms with Crippen LogP contribution < -0.4 is 4.74 Å². The second-order valence-electron chi connectivity index (χ2n) is 3.67. The molecule has 1 heterocycles. The van der Waals surface area contributed by atoms with Gasteiger partial charge in [-0.2, -0.15) is 0 Å². The van der Waals surface area contributed by atoms with Crippen molar-refractivity contribution in [2.24, 2.45) is 7.05 Å². The number of rotatable bonds is 4. The molecule has 88 valence electrons. The standard InChI is InChI=1S/C13H12BrNO2/c1-15-8-2-3-12(15)13(16)9-17-11-6-4-10(14)5-7-11/h2-8H,9H2,1H3. The van der Waals surface area contributed by atoms with Gasteiger partial charge in [0.05, 0.1) is 5.69 Å². The van der Waals surface area contributed by atoms with E-state index in [1.54, 1.807) is 10.6 Å². The molecule has 3 nitrogen and oxygen atoms in total. The van der Waals surface area contributed by atoms with Gasteiger partial charge in [-0.25, -0.2) is 0 Å². The summed E-state index contributed by atoms with van der Waals surface area (Å²) in [5.41, 5.74) is 0.655. The van der Waals surface area contributed by atoms with Gasteiger partial charge in [-0.05, 0) is 36.4 Å². The number of halogens is 1. The number of benzene rings is 1. The summed E-state index contributed by atoms with van der Waals surface area (Å²) in [5, 5.41) is 0. The van der Waals surface area contributed by atoms with E-state index in [9.17, 15) is 4.79 Å². The molecular weight excluding hydrogens is 282 g/mol. The Kier molecular flexibility index (Phi) is 3.64. The summed E-state index contributed by atoms with van der Waals surface area (Å²) in [6, 6.07) is 11.0. The van der Waals surface area contributed by atoms with Crippen LogP contribution in [-0.2, 0) is 7.05 Å². The van der Waals surface area contributed by atoms with Crippen molar-refractivity contribution in [3.63, 3.8) is 0 Å². The molecule has 4 heteroatoms. The monoisotopic (exact) mass is 293 g/mol. The van der Waals surface area contributed by atoms with Crippen molar-refractivity contribution in [1.82, 2.24) is 4.57 Å². The van der Waals surface area contributed by atoms with Crippen molar-refractivity contribution in [1.29, 1.82) is 0 Å². The smallest absolute Gasteiger partial charge is 0.216 e. The van der Waals surface area contributed by atoms with Crippen LogP contribution in [0.4, 0.5) is 0 Å². The molecule has 0 aliphatic heterocycles. The summed E-state index contributed by atoms with van der Waals surface area (Å²) in [5.74, 6) is 0.663. The molecule has 1 aromatic carbocycles. The first-order valence-electron chi connectivity index (χ1n) is 5.20. The molecule has 1 aromatic heterocycles. The van der Waals surface area contributed by atoms with Crippen LogP contribution in [-0.4, -0.2) is 17.0 Å². The third-order valence-corrected chi connectivity index (χ3v) is 2.94. The summed E-state index contributed by atoms with van der Waals surface area (Å²) >= 11 is 3.34. The second-order valence-corrected chi connectivity index (χ2v) is 4.59. The lowest BCUT2D eigenvalue weighted by Crippen LogP contribution is -2.14. The van der Waals surface area contributed by atoms with Crippen molar-refractivity contribution >= 4 is 21.7 Å². The third kappa shape index (κ3) is 2.97. The Morgan fingerprint density at radius 1 is 1.29 bits per heavy atom. The maximum atomic E-state index is 11.8. The Morgan fingerprint density at radius 3 is 2.59 bits per heavy atom. The molecule has 0 saturated heterocycles. The number of aromatic nitrogens is 1. The molecule has 2 aromatic rings. The Balaban J connectivity index is 1.97. The first-order valence-corrected chi connectivity index (χ1v) is 5.99. The predicted molar refractivity (Wildman–Crippen MR) is 69.4 cm³/mol. The van der Waals surface area contributed by atoms with Crippen LogP contribution in [0.3, 0.4) is 0 Å². The molecule has 0 spiro atoms. The Hall–Kier alpha value is -1.55. The Labute approximate surface area is 108 Å². The average molecular weight is 294 g/mol. The zero-order chi connectivity index (χ0) is 12.3. The van der Waals surface area contributed by atoms with Crippen LogP contribution in [0.5, 0.6) is 5.75 Å².